The summed E-state index contributed by atoms with van der Waals surface area (Å²) in [6, 6.07) is 7.43. The van der Waals surface area contributed by atoms with Crippen molar-refractivity contribution in [3.63, 3.8) is 0 Å². The van der Waals surface area contributed by atoms with Gasteiger partial charge in [0.2, 0.25) is 0 Å². The summed E-state index contributed by atoms with van der Waals surface area (Å²) in [5.74, 6) is 0. The number of para-hydroxylation sites is 2. The van der Waals surface area contributed by atoms with Crippen LogP contribution < -0.4 is 21.3 Å². The van der Waals surface area contributed by atoms with Crippen LogP contribution in [0.2, 0.25) is 0 Å². The zero-order valence-electron chi connectivity index (χ0n) is 9.57. The minimum atomic E-state index is -0.112. The van der Waals surface area contributed by atoms with Crippen molar-refractivity contribution in [2.75, 3.05) is 30.3 Å². The van der Waals surface area contributed by atoms with Crippen LogP contribution in [0.4, 0.5) is 16.2 Å². The Hall–Kier alpha value is -1.75. The maximum Gasteiger partial charge on any atom is 0.322 e. The van der Waals surface area contributed by atoms with Crippen molar-refractivity contribution in [3.05, 3.63) is 24.3 Å². The minimum absolute atomic E-state index is 0.0494. The first kappa shape index (κ1) is 10.4. The molecule has 0 radical (unpaired) electrons. The fourth-order valence-corrected chi connectivity index (χ4v) is 2.62. The molecule has 2 saturated heterocycles. The van der Waals surface area contributed by atoms with Crippen molar-refractivity contribution in [1.29, 1.82) is 0 Å². The topological polar surface area (TPSA) is 70.4 Å². The zero-order valence-corrected chi connectivity index (χ0v) is 9.57. The molecule has 90 valence electrons. The Bertz CT molecular complexity index is 454. The third-order valence-corrected chi connectivity index (χ3v) is 3.55. The molecule has 4 N–H and O–H groups in total. The highest BCUT2D eigenvalue weighted by Gasteiger charge is 2.45. The van der Waals surface area contributed by atoms with Gasteiger partial charge < -0.3 is 16.4 Å². The molecule has 0 aromatic heterocycles. The number of nitrogens with two attached hydrogens (primary N) is 1. The van der Waals surface area contributed by atoms with Crippen LogP contribution in [-0.4, -0.2) is 31.2 Å². The van der Waals surface area contributed by atoms with Gasteiger partial charge in [0, 0.05) is 6.54 Å². The van der Waals surface area contributed by atoms with Crippen molar-refractivity contribution in [3.8, 4) is 0 Å². The minimum Gasteiger partial charge on any atom is -0.397 e. The molecule has 1 unspecified atom stereocenters. The molecule has 2 aliphatic heterocycles. The highest BCUT2D eigenvalue weighted by molar-refractivity contribution is 5.98. The van der Waals surface area contributed by atoms with Crippen LogP contribution >= 0.6 is 0 Å². The number of carbonyl (C=O) groups is 1. The summed E-state index contributed by atoms with van der Waals surface area (Å²) in [5, 5.41) is 6.36. The van der Waals surface area contributed by atoms with Gasteiger partial charge in [-0.2, -0.15) is 0 Å². The van der Waals surface area contributed by atoms with Gasteiger partial charge >= 0.3 is 6.03 Å². The van der Waals surface area contributed by atoms with Gasteiger partial charge in [-0.25, -0.2) is 4.79 Å². The quantitative estimate of drug-likeness (QED) is 0.619. The van der Waals surface area contributed by atoms with Crippen molar-refractivity contribution in [2.45, 2.75) is 12.0 Å². The lowest BCUT2D eigenvalue weighted by Crippen LogP contribution is -2.45. The molecule has 3 rings (SSSR count). The molecule has 1 aromatic rings. The summed E-state index contributed by atoms with van der Waals surface area (Å²) in [4.78, 5) is 13.8. The van der Waals surface area contributed by atoms with Crippen LogP contribution in [0.5, 0.6) is 0 Å². The van der Waals surface area contributed by atoms with Crippen LogP contribution in [-0.2, 0) is 0 Å². The van der Waals surface area contributed by atoms with Crippen LogP contribution in [0, 0.1) is 0 Å². The molecule has 2 heterocycles. The second kappa shape index (κ2) is 3.63. The summed E-state index contributed by atoms with van der Waals surface area (Å²) in [6.07, 6.45) is 0.974. The molecule has 1 aromatic carbocycles. The molecule has 0 bridgehead atoms. The lowest BCUT2D eigenvalue weighted by Gasteiger charge is -2.21. The van der Waals surface area contributed by atoms with Gasteiger partial charge in [-0.1, -0.05) is 12.1 Å². The number of nitrogens with one attached hydrogen (secondary N) is 2. The Balaban J connectivity index is 1.90. The van der Waals surface area contributed by atoms with E-state index >= 15 is 0 Å². The number of benzene rings is 1. The van der Waals surface area contributed by atoms with E-state index in [4.69, 9.17) is 5.73 Å². The molecule has 5 nitrogen and oxygen atoms in total. The van der Waals surface area contributed by atoms with E-state index in [2.05, 4.69) is 10.6 Å². The lowest BCUT2D eigenvalue weighted by molar-refractivity contribution is 0.248. The average Bonchev–Trinajstić information content (AvgIpc) is 2.88. The van der Waals surface area contributed by atoms with Gasteiger partial charge in [0.25, 0.3) is 0 Å². The third-order valence-electron chi connectivity index (χ3n) is 3.55. The smallest absolute Gasteiger partial charge is 0.322 e. The van der Waals surface area contributed by atoms with Crippen molar-refractivity contribution < 1.29 is 4.79 Å². The Morgan fingerprint density at radius 1 is 1.35 bits per heavy atom. The Morgan fingerprint density at radius 2 is 2.18 bits per heavy atom. The van der Waals surface area contributed by atoms with Crippen LogP contribution in [0.1, 0.15) is 6.42 Å². The highest BCUT2D eigenvalue weighted by atomic mass is 16.2. The SMILES string of the molecule is Nc1ccccc1N1CC2(CCNC2)NC1=O. The van der Waals surface area contributed by atoms with Gasteiger partial charge in [-0.05, 0) is 25.1 Å². The number of rotatable bonds is 1. The van der Waals surface area contributed by atoms with E-state index in [0.717, 1.165) is 25.2 Å². The molecule has 1 atom stereocenters. The molecule has 5 heteroatoms. The fraction of sp³-hybridized carbons (Fsp3) is 0.417. The molecule has 2 amide bonds. The van der Waals surface area contributed by atoms with E-state index < -0.39 is 0 Å². The summed E-state index contributed by atoms with van der Waals surface area (Å²) < 4.78 is 0. The van der Waals surface area contributed by atoms with E-state index in [9.17, 15) is 4.79 Å². The van der Waals surface area contributed by atoms with E-state index in [1.807, 2.05) is 24.3 Å². The molecule has 0 aliphatic carbocycles. The van der Waals surface area contributed by atoms with E-state index in [1.54, 1.807) is 4.90 Å². The van der Waals surface area contributed by atoms with Gasteiger partial charge in [0.15, 0.2) is 0 Å². The second-order valence-electron chi connectivity index (χ2n) is 4.78. The number of anilines is 2. The molecular formula is C12H16N4O. The summed E-state index contributed by atoms with van der Waals surface area (Å²) in [5.41, 5.74) is 7.24. The van der Waals surface area contributed by atoms with Crippen LogP contribution in [0.3, 0.4) is 0 Å². The van der Waals surface area contributed by atoms with E-state index in [-0.39, 0.29) is 11.6 Å². The predicted octanol–water partition coefficient (Wildman–Crippen LogP) is 0.531. The van der Waals surface area contributed by atoms with Gasteiger partial charge in [-0.15, -0.1) is 0 Å². The first-order valence-corrected chi connectivity index (χ1v) is 5.85. The normalized spacial score (nSPS) is 27.8. The number of hydrogen-bond acceptors (Lipinski definition) is 3. The largest absolute Gasteiger partial charge is 0.397 e. The zero-order chi connectivity index (χ0) is 11.9. The molecular weight excluding hydrogens is 216 g/mol. The van der Waals surface area contributed by atoms with Crippen LogP contribution in [0.25, 0.3) is 0 Å². The van der Waals surface area contributed by atoms with Crippen LogP contribution in [0.15, 0.2) is 24.3 Å². The molecule has 17 heavy (non-hydrogen) atoms. The van der Waals surface area contributed by atoms with E-state index in [1.165, 1.54) is 0 Å². The third kappa shape index (κ3) is 1.63. The molecule has 0 saturated carbocycles. The standard InChI is InChI=1S/C12H16N4O/c13-9-3-1-2-4-10(9)16-8-12(15-11(16)17)5-6-14-7-12/h1-4,14H,5-8,13H2,(H,15,17). The first-order chi connectivity index (χ1) is 8.20. The second-order valence-corrected chi connectivity index (χ2v) is 4.78. The predicted molar refractivity (Wildman–Crippen MR) is 66.9 cm³/mol. The number of carbonyl (C=O) groups excluding carboxylic acids is 1. The van der Waals surface area contributed by atoms with Gasteiger partial charge in [0.05, 0.1) is 23.5 Å². The maximum absolute atomic E-state index is 12.0. The average molecular weight is 232 g/mol. The summed E-state index contributed by atoms with van der Waals surface area (Å²) in [6.45, 7) is 2.48. The van der Waals surface area contributed by atoms with Gasteiger partial charge in [-0.3, -0.25) is 4.90 Å². The number of amides is 2. The van der Waals surface area contributed by atoms with Crippen molar-refractivity contribution in [2.24, 2.45) is 0 Å². The molecule has 1 spiro atoms. The number of nitrogen functional groups attached to an aromatic ring is 1. The number of nitrogens with zero attached hydrogens (tertiary/aromatic N) is 1. The fourth-order valence-electron chi connectivity index (χ4n) is 2.62. The monoisotopic (exact) mass is 232 g/mol. The Kier molecular flexibility index (Phi) is 2.22. The molecule has 2 fully saturated rings. The number of hydrogen-bond donors (Lipinski definition) is 3. The first-order valence-electron chi connectivity index (χ1n) is 5.85. The molecule has 2 aliphatic rings. The Labute approximate surface area is 100.0 Å². The maximum atomic E-state index is 12.0. The lowest BCUT2D eigenvalue weighted by atomic mass is 10.00. The highest BCUT2D eigenvalue weighted by Crippen LogP contribution is 2.30. The summed E-state index contributed by atoms with van der Waals surface area (Å²) >= 11 is 0. The van der Waals surface area contributed by atoms with E-state index in [0.29, 0.717) is 12.2 Å². The van der Waals surface area contributed by atoms with Crippen molar-refractivity contribution in [1.82, 2.24) is 10.6 Å². The van der Waals surface area contributed by atoms with Gasteiger partial charge in [0.1, 0.15) is 0 Å². The summed E-state index contributed by atoms with van der Waals surface area (Å²) in [7, 11) is 0. The number of urea groups is 1. The Morgan fingerprint density at radius 3 is 2.88 bits per heavy atom. The van der Waals surface area contributed by atoms with Crippen molar-refractivity contribution >= 4 is 17.4 Å².